The molecule has 0 radical (unpaired) electrons. The van der Waals surface area contributed by atoms with Gasteiger partial charge < -0.3 is 37.2 Å². The third-order valence-electron chi connectivity index (χ3n) is 7.73. The molecule has 4 rings (SSSR count). The van der Waals surface area contributed by atoms with Crippen LogP contribution in [0.2, 0.25) is 3.72 Å². The zero-order valence-corrected chi connectivity index (χ0v) is 27.2. The number of aryl methyl sites for hydroxylation is 6. The fraction of sp³-hybridized carbons (Fsp3) is 0.333. The Kier molecular flexibility index (Phi) is 11.2. The van der Waals surface area contributed by atoms with E-state index in [1.54, 1.807) is 0 Å². The van der Waals surface area contributed by atoms with Gasteiger partial charge in [0.05, 0.1) is 0 Å². The summed E-state index contributed by atoms with van der Waals surface area (Å²) < 4.78 is -0.206. The molecule has 1 aliphatic carbocycles. The summed E-state index contributed by atoms with van der Waals surface area (Å²) in [4.78, 5) is 0. The van der Waals surface area contributed by atoms with Crippen molar-refractivity contribution in [2.45, 2.75) is 71.4 Å². The Morgan fingerprint density at radius 2 is 0.757 bits per heavy atom. The molecule has 4 heteroatoms. The van der Waals surface area contributed by atoms with E-state index in [4.69, 9.17) is 0 Å². The molecule has 37 heavy (non-hydrogen) atoms. The third-order valence-corrected chi connectivity index (χ3v) is 9.13. The van der Waals surface area contributed by atoms with Gasteiger partial charge in [-0.25, -0.2) is 0 Å². The van der Waals surface area contributed by atoms with Crippen LogP contribution < -0.4 is 37.2 Å². The van der Waals surface area contributed by atoms with Gasteiger partial charge in [-0.2, -0.15) is 0 Å². The van der Waals surface area contributed by atoms with Crippen LogP contribution in [0, 0.1) is 41.5 Å². The molecule has 3 aromatic carbocycles. The molecule has 1 atom stereocenters. The molecule has 0 fully saturated rings. The van der Waals surface area contributed by atoms with E-state index in [-0.39, 0.29) is 46.4 Å². The van der Waals surface area contributed by atoms with Gasteiger partial charge in [0, 0.05) is 0 Å². The first-order valence-corrected chi connectivity index (χ1v) is 13.1. The number of hydrogen-bond acceptors (Lipinski definition) is 0. The van der Waals surface area contributed by atoms with E-state index in [9.17, 15) is 0 Å². The molecule has 194 valence electrons. The SMILES string of the molecule is CC1=C[C]([Ti+3])(C(c2cc(C)cc(C)c2)(c2cc(C)cc(C)c2)c2cc(C)cc(C)c2)C(C)=C1C.[Cl-].[Cl-].[Cl-]. The zero-order chi connectivity index (χ0) is 25.0. The summed E-state index contributed by atoms with van der Waals surface area (Å²) in [6, 6.07) is 21.5. The molecule has 0 nitrogen and oxygen atoms in total. The summed E-state index contributed by atoms with van der Waals surface area (Å²) in [5.41, 5.74) is 15.9. The van der Waals surface area contributed by atoms with Gasteiger partial charge in [-0.05, 0) is 0 Å². The van der Waals surface area contributed by atoms with Crippen LogP contribution in [0.4, 0.5) is 0 Å². The van der Waals surface area contributed by atoms with Gasteiger partial charge in [-0.15, -0.1) is 0 Å². The normalized spacial score (nSPS) is 17.0. The number of hydrogen-bond donors (Lipinski definition) is 0. The predicted molar refractivity (Wildman–Crippen MR) is 142 cm³/mol. The quantitative estimate of drug-likeness (QED) is 0.295. The van der Waals surface area contributed by atoms with Crippen molar-refractivity contribution < 1.29 is 57.7 Å². The maximum absolute atomic E-state index is 2.55. The van der Waals surface area contributed by atoms with Crippen LogP contribution >= 0.6 is 0 Å². The van der Waals surface area contributed by atoms with Gasteiger partial charge in [-0.3, -0.25) is 0 Å². The molecular formula is C33H37Cl3Ti. The number of rotatable bonds is 4. The van der Waals surface area contributed by atoms with E-state index in [1.165, 1.54) is 66.8 Å². The first-order valence-electron chi connectivity index (χ1n) is 12.3. The van der Waals surface area contributed by atoms with Gasteiger partial charge in [-0.1, -0.05) is 0 Å². The largest absolute Gasteiger partial charge is 1.00 e. The minimum Gasteiger partial charge on any atom is -1.00 e. The van der Waals surface area contributed by atoms with E-state index >= 15 is 0 Å². The van der Waals surface area contributed by atoms with E-state index < -0.39 is 0 Å². The van der Waals surface area contributed by atoms with Crippen LogP contribution in [0.1, 0.15) is 70.8 Å². The molecule has 0 saturated carbocycles. The molecular weight excluding hydrogens is 551 g/mol. The minimum absolute atomic E-state index is 0. The van der Waals surface area contributed by atoms with Gasteiger partial charge in [0.15, 0.2) is 0 Å². The molecule has 3 aromatic rings. The summed E-state index contributed by atoms with van der Waals surface area (Å²) in [7, 11) is 0. The third kappa shape index (κ3) is 5.71. The zero-order valence-electron chi connectivity index (χ0n) is 23.4. The Bertz CT molecular complexity index is 1180. The minimum atomic E-state index is -0.361. The first kappa shape index (κ1) is 33.8. The average Bonchev–Trinajstić information content (AvgIpc) is 2.90. The van der Waals surface area contributed by atoms with Crippen LogP contribution in [-0.2, 0) is 25.9 Å². The number of halogens is 3. The fourth-order valence-electron chi connectivity index (χ4n) is 6.28. The second-order valence-electron chi connectivity index (χ2n) is 10.8. The Balaban J connectivity index is 0.00000228. The molecule has 1 aliphatic rings. The number of allylic oxidation sites excluding steroid dienone is 4. The molecule has 0 aliphatic heterocycles. The average molecular weight is 588 g/mol. The van der Waals surface area contributed by atoms with Crippen molar-refractivity contribution in [2.75, 3.05) is 0 Å². The van der Waals surface area contributed by atoms with Crippen molar-refractivity contribution in [2.24, 2.45) is 0 Å². The molecule has 0 N–H and O–H groups in total. The van der Waals surface area contributed by atoms with Crippen molar-refractivity contribution in [1.29, 1.82) is 0 Å². The Morgan fingerprint density at radius 3 is 0.973 bits per heavy atom. The Hall–Kier alpha value is -1.28. The maximum atomic E-state index is 2.55. The van der Waals surface area contributed by atoms with Crippen molar-refractivity contribution >= 4 is 0 Å². The van der Waals surface area contributed by atoms with Crippen molar-refractivity contribution in [1.82, 2.24) is 0 Å². The summed E-state index contributed by atoms with van der Waals surface area (Å²) in [6.45, 7) is 20.3. The molecule has 0 bridgehead atoms. The van der Waals surface area contributed by atoms with Crippen LogP contribution in [0.5, 0.6) is 0 Å². The Labute approximate surface area is 255 Å². The van der Waals surface area contributed by atoms with E-state index in [0.29, 0.717) is 0 Å². The number of benzene rings is 3. The standard InChI is InChI=1S/C33H37.3ClH.Ti/c1-20-10-21(2)14-29(13-20)33(30-15-22(3)11-23(4)16-30,31-17-24(5)12-25(6)18-31)32-19-26(7)27(8)28(32)9;;;;/h10-19H,1-9H3;3*1H;/q;;;;+3/p-3. The van der Waals surface area contributed by atoms with Crippen LogP contribution in [0.15, 0.2) is 77.4 Å². The summed E-state index contributed by atoms with van der Waals surface area (Å²) in [6.07, 6.45) is 2.55. The molecule has 0 aromatic heterocycles. The summed E-state index contributed by atoms with van der Waals surface area (Å²) in [5, 5.41) is 0. The maximum Gasteiger partial charge on any atom is -1.00 e. The van der Waals surface area contributed by atoms with Crippen LogP contribution in [0.25, 0.3) is 0 Å². The molecule has 0 saturated heterocycles. The van der Waals surface area contributed by atoms with Crippen molar-refractivity contribution in [3.8, 4) is 0 Å². The Morgan fingerprint density at radius 1 is 0.486 bits per heavy atom. The fourth-order valence-corrected chi connectivity index (χ4v) is 7.59. The van der Waals surface area contributed by atoms with Crippen molar-refractivity contribution in [3.63, 3.8) is 0 Å². The molecule has 0 amide bonds. The molecule has 1 unspecified atom stereocenters. The monoisotopic (exact) mass is 586 g/mol. The van der Waals surface area contributed by atoms with E-state index in [1.807, 2.05) is 0 Å². The van der Waals surface area contributed by atoms with Gasteiger partial charge in [0.1, 0.15) is 0 Å². The van der Waals surface area contributed by atoms with Gasteiger partial charge in [0.2, 0.25) is 0 Å². The topological polar surface area (TPSA) is 0 Å². The van der Waals surface area contributed by atoms with E-state index in [0.717, 1.165) is 0 Å². The van der Waals surface area contributed by atoms with Crippen LogP contribution in [-0.4, -0.2) is 0 Å². The second-order valence-corrected chi connectivity index (χ2v) is 12.0. The van der Waals surface area contributed by atoms with Gasteiger partial charge in [0.25, 0.3) is 0 Å². The van der Waals surface area contributed by atoms with Crippen molar-refractivity contribution in [3.05, 3.63) is 127 Å². The van der Waals surface area contributed by atoms with E-state index in [2.05, 4.69) is 143 Å². The van der Waals surface area contributed by atoms with Crippen LogP contribution in [0.3, 0.4) is 0 Å². The molecule has 0 heterocycles. The van der Waals surface area contributed by atoms with Gasteiger partial charge >= 0.3 is 219 Å². The smallest absolute Gasteiger partial charge is 1.00 e. The summed E-state index contributed by atoms with van der Waals surface area (Å²) >= 11 is 2.47. The summed E-state index contributed by atoms with van der Waals surface area (Å²) in [5.74, 6) is 0. The second kappa shape index (κ2) is 12.3. The first-order chi connectivity index (χ1) is 15.9. The predicted octanol–water partition coefficient (Wildman–Crippen LogP) is -0.115. The molecule has 0 spiro atoms.